The molecule has 1 aromatic heterocycles. The number of nitrogens with zero attached hydrogens (tertiary/aromatic N) is 1. The van der Waals surface area contributed by atoms with E-state index in [0.717, 1.165) is 69.4 Å². The van der Waals surface area contributed by atoms with E-state index in [0.29, 0.717) is 12.8 Å². The molecule has 262 valence electrons. The number of carbonyl (C=O) groups excluding carboxylic acids is 1. The Morgan fingerprint density at radius 3 is 2.23 bits per heavy atom. The zero-order valence-electron chi connectivity index (χ0n) is 27.5. The van der Waals surface area contributed by atoms with Crippen LogP contribution in [0.15, 0.2) is 82.6 Å². The second-order valence-corrected chi connectivity index (χ2v) is 12.9. The van der Waals surface area contributed by atoms with E-state index >= 15 is 4.39 Å². The van der Waals surface area contributed by atoms with Gasteiger partial charge in [-0.3, -0.25) is 23.7 Å². The van der Waals surface area contributed by atoms with E-state index in [9.17, 15) is 24.1 Å². The molecule has 47 heavy (non-hydrogen) atoms. The molecule has 4 N–H and O–H groups in total. The van der Waals surface area contributed by atoms with E-state index in [1.165, 1.54) is 0 Å². The van der Waals surface area contributed by atoms with Crippen molar-refractivity contribution in [1.29, 1.82) is 0 Å². The highest BCUT2D eigenvalue weighted by Crippen LogP contribution is 2.45. The molecular weight excluding hydrogens is 630 g/mol. The Morgan fingerprint density at radius 1 is 1.06 bits per heavy atom. The van der Waals surface area contributed by atoms with Crippen LogP contribution in [0.3, 0.4) is 0 Å². The van der Waals surface area contributed by atoms with Gasteiger partial charge in [-0.2, -0.15) is 0 Å². The summed E-state index contributed by atoms with van der Waals surface area (Å²) in [6, 6.07) is 1.02. The number of alkyl halides is 1. The Morgan fingerprint density at radius 2 is 1.66 bits per heavy atom. The summed E-state index contributed by atoms with van der Waals surface area (Å²) in [5.74, 6) is -0.152. The second-order valence-electron chi connectivity index (χ2n) is 11.0. The van der Waals surface area contributed by atoms with Gasteiger partial charge in [0.2, 0.25) is 5.91 Å². The molecule has 0 bridgehead atoms. The normalized spacial score (nSPS) is 23.2. The summed E-state index contributed by atoms with van der Waals surface area (Å²) < 4.78 is 44.9. The molecule has 0 saturated carbocycles. The van der Waals surface area contributed by atoms with E-state index < -0.39 is 49.7 Å². The number of aliphatic hydroxyl groups excluding tert-OH is 1. The lowest BCUT2D eigenvalue weighted by Gasteiger charge is -2.24. The third kappa shape index (κ3) is 14.6. The van der Waals surface area contributed by atoms with E-state index in [1.54, 1.807) is 0 Å². The number of allylic oxidation sites excluding steroid dienone is 10. The fourth-order valence-electron chi connectivity index (χ4n) is 4.53. The zero-order valence-corrected chi connectivity index (χ0v) is 28.4. The van der Waals surface area contributed by atoms with Crippen LogP contribution in [0.1, 0.15) is 71.4 Å². The molecule has 12 nitrogen and oxygen atoms in total. The molecule has 0 aromatic carbocycles. The third-order valence-electron chi connectivity index (χ3n) is 7.15. The quantitative estimate of drug-likeness (QED) is 0.0757. The molecule has 5 atom stereocenters. The highest BCUT2D eigenvalue weighted by molar-refractivity contribution is 7.51. The maximum absolute atomic E-state index is 15.3. The largest absolute Gasteiger partial charge is 0.405 e. The van der Waals surface area contributed by atoms with Gasteiger partial charge in [-0.1, -0.05) is 67.7 Å². The van der Waals surface area contributed by atoms with Crippen LogP contribution in [-0.4, -0.2) is 65.2 Å². The van der Waals surface area contributed by atoms with Crippen LogP contribution in [0, 0.1) is 0 Å². The molecule has 1 aliphatic heterocycles. The van der Waals surface area contributed by atoms with Crippen molar-refractivity contribution in [3.63, 3.8) is 0 Å². The topological polar surface area (TPSA) is 161 Å². The fourth-order valence-corrected chi connectivity index (χ4v) is 5.58. The summed E-state index contributed by atoms with van der Waals surface area (Å²) in [6.45, 7) is 2.84. The van der Waals surface area contributed by atoms with Gasteiger partial charge in [-0.15, -0.1) is 0 Å². The number of unbranched alkanes of at least 4 members (excludes halogenated alkanes) is 1. The van der Waals surface area contributed by atoms with Crippen molar-refractivity contribution >= 4 is 13.7 Å². The van der Waals surface area contributed by atoms with E-state index in [1.807, 2.05) is 4.98 Å². The summed E-state index contributed by atoms with van der Waals surface area (Å²) in [5, 5.41) is 15.8. The number of amides is 1. The minimum atomic E-state index is -3.90. The summed E-state index contributed by atoms with van der Waals surface area (Å²) in [4.78, 5) is 37.6. The number of halogens is 1. The second kappa shape index (κ2) is 21.6. The van der Waals surface area contributed by atoms with Crippen molar-refractivity contribution < 1.29 is 32.6 Å². The van der Waals surface area contributed by atoms with Gasteiger partial charge in [0.1, 0.15) is 12.2 Å². The minimum absolute atomic E-state index is 0.0515. The lowest BCUT2D eigenvalue weighted by atomic mass is 9.98. The van der Waals surface area contributed by atoms with Crippen LogP contribution in [-0.2, 0) is 23.1 Å². The Labute approximate surface area is 276 Å². The molecule has 0 radical (unpaired) electrons. The van der Waals surface area contributed by atoms with Crippen molar-refractivity contribution in [2.45, 2.75) is 89.3 Å². The van der Waals surface area contributed by atoms with Gasteiger partial charge in [0.25, 0.3) is 5.56 Å². The number of H-pyrrole nitrogens is 1. The smallest absolute Gasteiger partial charge is 0.387 e. The molecule has 1 fully saturated rings. The van der Waals surface area contributed by atoms with Gasteiger partial charge >= 0.3 is 13.4 Å². The molecule has 0 aliphatic carbocycles. The highest BCUT2D eigenvalue weighted by Gasteiger charge is 2.55. The van der Waals surface area contributed by atoms with Crippen molar-refractivity contribution in [3.8, 4) is 0 Å². The van der Waals surface area contributed by atoms with Gasteiger partial charge in [0.05, 0.1) is 6.61 Å². The average molecular weight is 681 g/mol. The zero-order chi connectivity index (χ0) is 34.5. The van der Waals surface area contributed by atoms with Crippen molar-refractivity contribution in [1.82, 2.24) is 20.0 Å². The number of carbonyl (C=O) groups is 1. The van der Waals surface area contributed by atoms with Crippen LogP contribution in [0.4, 0.5) is 4.39 Å². The number of hydrogen-bond donors (Lipinski definition) is 4. The van der Waals surface area contributed by atoms with Gasteiger partial charge < -0.3 is 19.7 Å². The van der Waals surface area contributed by atoms with E-state index in [2.05, 4.69) is 78.1 Å². The van der Waals surface area contributed by atoms with Gasteiger partial charge in [-0.05, 0) is 51.9 Å². The first-order chi connectivity index (χ1) is 22.5. The van der Waals surface area contributed by atoms with Gasteiger partial charge in [0.15, 0.2) is 11.9 Å². The third-order valence-corrected chi connectivity index (χ3v) is 8.74. The predicted molar refractivity (Wildman–Crippen MR) is 181 cm³/mol. The van der Waals surface area contributed by atoms with Crippen LogP contribution < -0.4 is 21.7 Å². The number of hydrogen-bond acceptors (Lipinski definition) is 8. The molecule has 2 heterocycles. The van der Waals surface area contributed by atoms with Crippen LogP contribution in [0.5, 0.6) is 0 Å². The van der Waals surface area contributed by atoms with Crippen LogP contribution in [0.2, 0.25) is 0 Å². The number of rotatable bonds is 22. The van der Waals surface area contributed by atoms with Gasteiger partial charge in [0, 0.05) is 38.9 Å². The Bertz CT molecular complexity index is 1400. The Hall–Kier alpha value is -3.19. The fraction of sp³-hybridized carbons (Fsp3) is 0.545. The molecule has 1 aromatic rings. The molecule has 1 amide bonds. The standard InChI is InChI=1S/C33H50FN4O8P/c1-4-5-6-7-8-9-10-11-12-13-14-15-16-17-18-19-20-21-28(39)35-23-24-36-47(43,44-3)45-26-27-30(41)33(2,34)31(46-27)38-25-22-29(40)37-32(38)42/h5-6,8-9,11-12,14-15,17-18,22,25,27,30-31,41H,4,7,10,13,16,19-21,23-24,26H2,1-3H3,(H,35,39)(H,36,43)(H,37,40,42)/b6-5-,9-8-,12-11-,15-14-,18-17-/t27-,30-,31-,33-,47?/m1/s1. The molecule has 2 rings (SSSR count). The minimum Gasteiger partial charge on any atom is -0.387 e. The maximum Gasteiger partial charge on any atom is 0.405 e. The number of nitrogens with one attached hydrogen (secondary N) is 3. The van der Waals surface area contributed by atoms with Gasteiger partial charge in [-0.25, -0.2) is 18.8 Å². The predicted octanol–water partition coefficient (Wildman–Crippen LogP) is 4.92. The average Bonchev–Trinajstić information content (AvgIpc) is 3.27. The highest BCUT2D eigenvalue weighted by atomic mass is 31.2. The SMILES string of the molecule is CC/C=C\C/C=C\C/C=C\C/C=C\C/C=C\CCCC(=O)NCCNP(=O)(OC)OC[C@H]1O[C@@H](n2ccc(=O)[nH]c2=O)[C@](C)(F)[C@@H]1O. The van der Waals surface area contributed by atoms with E-state index in [-0.39, 0.29) is 19.0 Å². The first kappa shape index (κ1) is 40.0. The Balaban J connectivity index is 1.60. The van der Waals surface area contributed by atoms with Crippen molar-refractivity contribution in [3.05, 3.63) is 93.9 Å². The lowest BCUT2D eigenvalue weighted by Crippen LogP contribution is -2.43. The number of ether oxygens (including phenoxy) is 1. The Kier molecular flexibility index (Phi) is 18.4. The summed E-state index contributed by atoms with van der Waals surface area (Å²) in [7, 11) is -2.75. The monoisotopic (exact) mass is 680 g/mol. The molecular formula is C33H50FN4O8P. The molecule has 0 spiro atoms. The first-order valence-corrected chi connectivity index (χ1v) is 17.5. The number of aromatic amines is 1. The van der Waals surface area contributed by atoms with Crippen LogP contribution >= 0.6 is 7.75 Å². The lowest BCUT2D eigenvalue weighted by molar-refractivity contribution is -0.121. The molecule has 1 aliphatic rings. The summed E-state index contributed by atoms with van der Waals surface area (Å²) in [5.41, 5.74) is -4.02. The molecule has 1 saturated heterocycles. The van der Waals surface area contributed by atoms with Crippen LogP contribution in [0.25, 0.3) is 0 Å². The number of aliphatic hydroxyl groups is 1. The van der Waals surface area contributed by atoms with Crippen molar-refractivity contribution in [2.75, 3.05) is 26.8 Å². The first-order valence-electron chi connectivity index (χ1n) is 15.9. The summed E-state index contributed by atoms with van der Waals surface area (Å²) in [6.07, 6.45) is 24.3. The maximum atomic E-state index is 15.3. The molecule has 1 unspecified atom stereocenters. The van der Waals surface area contributed by atoms with Crippen molar-refractivity contribution in [2.24, 2.45) is 0 Å². The molecule has 14 heteroatoms. The van der Waals surface area contributed by atoms with E-state index in [4.69, 9.17) is 13.8 Å². The number of aromatic nitrogens is 2. The summed E-state index contributed by atoms with van der Waals surface area (Å²) >= 11 is 0.